The van der Waals surface area contributed by atoms with Crippen LogP contribution in [-0.4, -0.2) is 32.9 Å². The van der Waals surface area contributed by atoms with Gasteiger partial charge in [-0.15, -0.1) is 0 Å². The maximum atomic E-state index is 12.8. The molecule has 6 nitrogen and oxygen atoms in total. The minimum Gasteiger partial charge on any atom is -0.480 e. The minimum absolute atomic E-state index is 0.153. The van der Waals surface area contributed by atoms with E-state index >= 15 is 0 Å². The zero-order valence-electron chi connectivity index (χ0n) is 16.2. The van der Waals surface area contributed by atoms with Gasteiger partial charge in [-0.25, -0.2) is 9.78 Å². The lowest BCUT2D eigenvalue weighted by Gasteiger charge is -2.34. The van der Waals surface area contributed by atoms with Gasteiger partial charge >= 0.3 is 5.97 Å². The van der Waals surface area contributed by atoms with Gasteiger partial charge in [-0.1, -0.05) is 54.1 Å². The van der Waals surface area contributed by atoms with Crippen LogP contribution in [0.1, 0.15) is 29.0 Å². The second kappa shape index (κ2) is 7.91. The molecule has 1 aliphatic heterocycles. The molecule has 2 aromatic carbocycles. The fraction of sp³-hybridized carbons (Fsp3) is 0.261. The number of aromatic nitrogens is 1. The van der Waals surface area contributed by atoms with Gasteiger partial charge in [0, 0.05) is 31.4 Å². The number of oxazole rings is 1. The third-order valence-corrected chi connectivity index (χ3v) is 5.30. The molecule has 1 aliphatic rings. The summed E-state index contributed by atoms with van der Waals surface area (Å²) in [6, 6.07) is 14.8. The number of hydrogen-bond acceptors (Lipinski definition) is 4. The molecule has 0 aliphatic carbocycles. The lowest BCUT2D eigenvalue weighted by Crippen LogP contribution is -2.48. The quantitative estimate of drug-likeness (QED) is 0.719. The number of hydrogen-bond donors (Lipinski definition) is 1. The van der Waals surface area contributed by atoms with E-state index in [1.807, 2.05) is 55.5 Å². The van der Waals surface area contributed by atoms with Gasteiger partial charge in [0.15, 0.2) is 11.7 Å². The molecule has 0 spiro atoms. The van der Waals surface area contributed by atoms with Crippen LogP contribution in [0.5, 0.6) is 0 Å². The first-order valence-electron chi connectivity index (χ1n) is 9.62. The Morgan fingerprint density at radius 2 is 1.86 bits per heavy atom. The van der Waals surface area contributed by atoms with Crippen molar-refractivity contribution in [2.24, 2.45) is 0 Å². The molecule has 4 rings (SSSR count). The first-order valence-corrected chi connectivity index (χ1v) is 9.62. The molecular weight excluding hydrogens is 368 g/mol. The number of fused-ring (bicyclic) bond motifs is 1. The Labute approximate surface area is 168 Å². The summed E-state index contributed by atoms with van der Waals surface area (Å²) in [6.45, 7) is 2.33. The van der Waals surface area contributed by atoms with E-state index < -0.39 is 12.0 Å². The maximum absolute atomic E-state index is 12.8. The predicted molar refractivity (Wildman–Crippen MR) is 107 cm³/mol. The highest BCUT2D eigenvalue weighted by atomic mass is 16.4. The molecule has 1 aromatic heterocycles. The maximum Gasteiger partial charge on any atom is 0.326 e. The Kier molecular flexibility index (Phi) is 5.16. The van der Waals surface area contributed by atoms with Crippen molar-refractivity contribution in [3.05, 3.63) is 77.3 Å². The van der Waals surface area contributed by atoms with Crippen molar-refractivity contribution in [1.29, 1.82) is 0 Å². The van der Waals surface area contributed by atoms with Gasteiger partial charge in [0.25, 0.3) is 0 Å². The number of amides is 1. The number of carbonyl (C=O) groups excluding carboxylic acids is 1. The fourth-order valence-electron chi connectivity index (χ4n) is 3.64. The highest BCUT2D eigenvalue weighted by Gasteiger charge is 2.34. The van der Waals surface area contributed by atoms with Crippen molar-refractivity contribution in [3.8, 4) is 11.3 Å². The summed E-state index contributed by atoms with van der Waals surface area (Å²) in [5.41, 5.74) is 4.07. The largest absolute Gasteiger partial charge is 0.480 e. The Morgan fingerprint density at radius 1 is 1.14 bits per heavy atom. The Hall–Kier alpha value is -3.41. The second-order valence-corrected chi connectivity index (χ2v) is 7.33. The molecule has 1 amide bonds. The Balaban J connectivity index is 1.44. The van der Waals surface area contributed by atoms with Gasteiger partial charge in [-0.3, -0.25) is 4.79 Å². The lowest BCUT2D eigenvalue weighted by atomic mass is 9.93. The Bertz CT molecular complexity index is 1040. The summed E-state index contributed by atoms with van der Waals surface area (Å²) in [5, 5.41) is 9.59. The monoisotopic (exact) mass is 390 g/mol. The molecule has 1 N–H and O–H groups in total. The van der Waals surface area contributed by atoms with Gasteiger partial charge in [-0.05, 0) is 18.1 Å². The van der Waals surface area contributed by atoms with Gasteiger partial charge in [0.2, 0.25) is 5.91 Å². The number of carboxylic acid groups (broad SMARTS) is 1. The topological polar surface area (TPSA) is 83.6 Å². The van der Waals surface area contributed by atoms with E-state index in [1.165, 1.54) is 4.90 Å². The molecular formula is C23H22N2O4. The molecule has 0 fully saturated rings. The number of aliphatic carboxylic acids is 1. The molecule has 3 aromatic rings. The van der Waals surface area contributed by atoms with Crippen LogP contribution < -0.4 is 0 Å². The number of benzene rings is 2. The first kappa shape index (κ1) is 18.9. The van der Waals surface area contributed by atoms with Crippen molar-refractivity contribution >= 4 is 11.9 Å². The second-order valence-electron chi connectivity index (χ2n) is 7.33. The third-order valence-electron chi connectivity index (χ3n) is 5.30. The number of carboxylic acids is 1. The number of carbonyl (C=O) groups is 2. The van der Waals surface area contributed by atoms with Crippen molar-refractivity contribution < 1.29 is 19.1 Å². The van der Waals surface area contributed by atoms with E-state index in [0.717, 1.165) is 22.3 Å². The number of aryl methyl sites for hydroxylation is 2. The van der Waals surface area contributed by atoms with E-state index in [2.05, 4.69) is 4.98 Å². The molecule has 0 radical (unpaired) electrons. The van der Waals surface area contributed by atoms with Gasteiger partial charge in [-0.2, -0.15) is 0 Å². The zero-order chi connectivity index (χ0) is 20.4. The molecule has 6 heteroatoms. The SMILES string of the molecule is Cc1ccc(-c2cnc(CCC(=O)N3Cc4ccccc4C[C@H]3C(=O)O)o2)cc1. The summed E-state index contributed by atoms with van der Waals surface area (Å²) in [6.07, 6.45) is 2.46. The standard InChI is InChI=1S/C23H22N2O4/c1-15-6-8-16(9-7-15)20-13-24-21(29-20)10-11-22(26)25-14-18-5-3-2-4-17(18)12-19(25)23(27)28/h2-9,13,19H,10-12,14H2,1H3,(H,27,28)/t19-/m0/s1. The third kappa shape index (κ3) is 4.06. The van der Waals surface area contributed by atoms with Gasteiger partial charge < -0.3 is 14.4 Å². The van der Waals surface area contributed by atoms with Crippen LogP contribution in [-0.2, 0) is 29.0 Å². The van der Waals surface area contributed by atoms with Crippen LogP contribution in [0.4, 0.5) is 0 Å². The van der Waals surface area contributed by atoms with Crippen molar-refractivity contribution in [2.75, 3.05) is 0 Å². The van der Waals surface area contributed by atoms with Crippen LogP contribution >= 0.6 is 0 Å². The van der Waals surface area contributed by atoms with Crippen LogP contribution in [0.15, 0.2) is 59.1 Å². The molecule has 29 heavy (non-hydrogen) atoms. The average molecular weight is 390 g/mol. The molecule has 0 saturated carbocycles. The zero-order valence-corrected chi connectivity index (χ0v) is 16.2. The van der Waals surface area contributed by atoms with E-state index in [9.17, 15) is 14.7 Å². The van der Waals surface area contributed by atoms with E-state index in [1.54, 1.807) is 6.20 Å². The molecule has 2 heterocycles. The fourth-order valence-corrected chi connectivity index (χ4v) is 3.64. The summed E-state index contributed by atoms with van der Waals surface area (Å²) in [5.74, 6) is -0.0615. The van der Waals surface area contributed by atoms with E-state index in [4.69, 9.17) is 4.42 Å². The minimum atomic E-state index is -0.981. The van der Waals surface area contributed by atoms with Crippen LogP contribution in [0.2, 0.25) is 0 Å². The average Bonchev–Trinajstić information content (AvgIpc) is 3.20. The van der Waals surface area contributed by atoms with Gasteiger partial charge in [0.1, 0.15) is 6.04 Å². The summed E-state index contributed by atoms with van der Waals surface area (Å²) < 4.78 is 5.78. The molecule has 148 valence electrons. The van der Waals surface area contributed by atoms with Crippen molar-refractivity contribution in [3.63, 3.8) is 0 Å². The highest BCUT2D eigenvalue weighted by molar-refractivity contribution is 5.84. The normalized spacial score (nSPS) is 15.8. The number of nitrogens with zero attached hydrogens (tertiary/aromatic N) is 2. The Morgan fingerprint density at radius 3 is 2.59 bits per heavy atom. The highest BCUT2D eigenvalue weighted by Crippen LogP contribution is 2.25. The van der Waals surface area contributed by atoms with E-state index in [-0.39, 0.29) is 12.3 Å². The van der Waals surface area contributed by atoms with E-state index in [0.29, 0.717) is 31.0 Å². The molecule has 0 saturated heterocycles. The predicted octanol–water partition coefficient (Wildman–Crippen LogP) is 3.62. The van der Waals surface area contributed by atoms with Gasteiger partial charge in [0.05, 0.1) is 6.20 Å². The van der Waals surface area contributed by atoms with Crippen LogP contribution in [0, 0.1) is 6.92 Å². The number of rotatable bonds is 5. The van der Waals surface area contributed by atoms with Crippen LogP contribution in [0.25, 0.3) is 11.3 Å². The molecule has 1 atom stereocenters. The van der Waals surface area contributed by atoms with Crippen molar-refractivity contribution in [2.45, 2.75) is 38.8 Å². The summed E-state index contributed by atoms with van der Waals surface area (Å²) in [4.78, 5) is 30.2. The summed E-state index contributed by atoms with van der Waals surface area (Å²) >= 11 is 0. The lowest BCUT2D eigenvalue weighted by molar-refractivity contribution is -0.151. The molecule has 0 unspecified atom stereocenters. The van der Waals surface area contributed by atoms with Crippen LogP contribution in [0.3, 0.4) is 0 Å². The smallest absolute Gasteiger partial charge is 0.326 e. The summed E-state index contributed by atoms with van der Waals surface area (Å²) in [7, 11) is 0. The van der Waals surface area contributed by atoms with Crippen molar-refractivity contribution in [1.82, 2.24) is 9.88 Å². The first-order chi connectivity index (χ1) is 14.0. The molecule has 0 bridgehead atoms.